The van der Waals surface area contributed by atoms with Gasteiger partial charge in [-0.2, -0.15) is 0 Å². The SMILES string of the molecule is CCS(=O)(=O)CC(C)Nc1cc([N+](=O)[O-])ccc1OC. The van der Waals surface area contributed by atoms with E-state index in [0.29, 0.717) is 11.4 Å². The van der Waals surface area contributed by atoms with Gasteiger partial charge in [-0.25, -0.2) is 8.42 Å². The third kappa shape index (κ3) is 4.37. The van der Waals surface area contributed by atoms with Crippen LogP contribution >= 0.6 is 0 Å². The topological polar surface area (TPSA) is 98.5 Å². The minimum absolute atomic E-state index is 0.0463. The van der Waals surface area contributed by atoms with E-state index in [1.165, 1.54) is 25.3 Å². The molecule has 0 aliphatic rings. The lowest BCUT2D eigenvalue weighted by Gasteiger charge is -2.17. The fourth-order valence-corrected chi connectivity index (χ4v) is 2.81. The fourth-order valence-electron chi connectivity index (χ4n) is 1.73. The second-order valence-electron chi connectivity index (χ2n) is 4.39. The van der Waals surface area contributed by atoms with E-state index < -0.39 is 14.8 Å². The molecule has 1 aromatic carbocycles. The number of rotatable bonds is 7. The molecule has 0 aliphatic heterocycles. The van der Waals surface area contributed by atoms with Gasteiger partial charge in [0.1, 0.15) is 5.75 Å². The van der Waals surface area contributed by atoms with Gasteiger partial charge >= 0.3 is 0 Å². The number of anilines is 1. The number of nitrogens with one attached hydrogen (secondary N) is 1. The summed E-state index contributed by atoms with van der Waals surface area (Å²) < 4.78 is 28.2. The van der Waals surface area contributed by atoms with E-state index in [0.717, 1.165) is 0 Å². The molecule has 8 heteroatoms. The van der Waals surface area contributed by atoms with Gasteiger partial charge in [0, 0.05) is 23.9 Å². The summed E-state index contributed by atoms with van der Waals surface area (Å²) in [7, 11) is -1.68. The predicted molar refractivity (Wildman–Crippen MR) is 77.1 cm³/mol. The van der Waals surface area contributed by atoms with Gasteiger partial charge in [-0.3, -0.25) is 10.1 Å². The van der Waals surface area contributed by atoms with E-state index in [-0.39, 0.29) is 23.2 Å². The summed E-state index contributed by atoms with van der Waals surface area (Å²) in [5, 5.41) is 13.7. The van der Waals surface area contributed by atoms with Gasteiger partial charge in [-0.1, -0.05) is 6.92 Å². The predicted octanol–water partition coefficient (Wildman–Crippen LogP) is 1.84. The minimum Gasteiger partial charge on any atom is -0.495 e. The molecule has 1 rings (SSSR count). The Morgan fingerprint density at radius 2 is 2.10 bits per heavy atom. The number of benzene rings is 1. The van der Waals surface area contributed by atoms with Gasteiger partial charge < -0.3 is 10.1 Å². The van der Waals surface area contributed by atoms with E-state index in [4.69, 9.17) is 4.74 Å². The lowest BCUT2D eigenvalue weighted by atomic mass is 10.2. The number of nitro benzene ring substituents is 1. The highest BCUT2D eigenvalue weighted by atomic mass is 32.2. The smallest absolute Gasteiger partial charge is 0.271 e. The zero-order valence-corrected chi connectivity index (χ0v) is 12.4. The van der Waals surface area contributed by atoms with E-state index >= 15 is 0 Å². The second-order valence-corrected chi connectivity index (χ2v) is 6.78. The van der Waals surface area contributed by atoms with Crippen LogP contribution in [0.25, 0.3) is 0 Å². The third-order valence-electron chi connectivity index (χ3n) is 2.74. The monoisotopic (exact) mass is 302 g/mol. The van der Waals surface area contributed by atoms with Crippen LogP contribution in [0.1, 0.15) is 13.8 Å². The Morgan fingerprint density at radius 1 is 1.45 bits per heavy atom. The van der Waals surface area contributed by atoms with Gasteiger partial charge in [0.25, 0.3) is 5.69 Å². The van der Waals surface area contributed by atoms with Crippen molar-refractivity contribution in [2.45, 2.75) is 19.9 Å². The Balaban J connectivity index is 2.95. The minimum atomic E-state index is -3.12. The van der Waals surface area contributed by atoms with Crippen LogP contribution in [0.3, 0.4) is 0 Å². The summed E-state index contributed by atoms with van der Waals surface area (Å²) in [5.74, 6) is 0.441. The number of ether oxygens (including phenoxy) is 1. The fraction of sp³-hybridized carbons (Fsp3) is 0.500. The summed E-state index contributed by atoms with van der Waals surface area (Å²) >= 11 is 0. The highest BCUT2D eigenvalue weighted by molar-refractivity contribution is 7.91. The molecule has 0 heterocycles. The van der Waals surface area contributed by atoms with Crippen LogP contribution in [0.2, 0.25) is 0 Å². The zero-order valence-electron chi connectivity index (χ0n) is 11.6. The summed E-state index contributed by atoms with van der Waals surface area (Å²) in [6, 6.07) is 3.75. The Bertz CT molecular complexity index is 586. The molecule has 0 spiro atoms. The van der Waals surface area contributed by atoms with Crippen molar-refractivity contribution in [3.8, 4) is 5.75 Å². The van der Waals surface area contributed by atoms with Crippen molar-refractivity contribution in [2.24, 2.45) is 0 Å². The Labute approximate surface area is 118 Å². The van der Waals surface area contributed by atoms with Gasteiger partial charge in [0.2, 0.25) is 0 Å². The zero-order chi connectivity index (χ0) is 15.3. The van der Waals surface area contributed by atoms with Crippen molar-refractivity contribution in [1.29, 1.82) is 0 Å². The lowest BCUT2D eigenvalue weighted by Crippen LogP contribution is -2.26. The first kappa shape index (κ1) is 16.2. The standard InChI is InChI=1S/C12H18N2O5S/c1-4-20(17,18)8-9(2)13-11-7-10(14(15)16)5-6-12(11)19-3/h5-7,9,13H,4,8H2,1-3H3. The Hall–Kier alpha value is -1.83. The lowest BCUT2D eigenvalue weighted by molar-refractivity contribution is -0.384. The van der Waals surface area contributed by atoms with E-state index in [1.807, 2.05) is 0 Å². The van der Waals surface area contributed by atoms with Gasteiger partial charge in [0.15, 0.2) is 9.84 Å². The van der Waals surface area contributed by atoms with Crippen LogP contribution in [0.4, 0.5) is 11.4 Å². The van der Waals surface area contributed by atoms with Crippen LogP contribution in [0.5, 0.6) is 5.75 Å². The number of hydrogen-bond donors (Lipinski definition) is 1. The molecule has 0 aromatic heterocycles. The highest BCUT2D eigenvalue weighted by Crippen LogP contribution is 2.29. The molecule has 0 fully saturated rings. The number of nitrogens with zero attached hydrogens (tertiary/aromatic N) is 1. The molecule has 0 radical (unpaired) electrons. The third-order valence-corrected chi connectivity index (χ3v) is 4.63. The molecular formula is C12H18N2O5S. The van der Waals surface area contributed by atoms with Gasteiger partial charge in [0.05, 0.1) is 23.5 Å². The molecule has 0 saturated heterocycles. The first-order chi connectivity index (χ1) is 9.29. The van der Waals surface area contributed by atoms with Crippen LogP contribution in [-0.2, 0) is 9.84 Å². The average molecular weight is 302 g/mol. The molecule has 1 atom stereocenters. The van der Waals surface area contributed by atoms with Crippen molar-refractivity contribution in [1.82, 2.24) is 0 Å². The van der Waals surface area contributed by atoms with Crippen molar-refractivity contribution in [3.63, 3.8) is 0 Å². The van der Waals surface area contributed by atoms with Crippen LogP contribution < -0.4 is 10.1 Å². The summed E-state index contributed by atoms with van der Waals surface area (Å²) in [4.78, 5) is 10.2. The first-order valence-electron chi connectivity index (χ1n) is 6.08. The van der Waals surface area contributed by atoms with E-state index in [1.54, 1.807) is 13.8 Å². The molecule has 112 valence electrons. The average Bonchev–Trinajstić information content (AvgIpc) is 2.37. The van der Waals surface area contributed by atoms with Gasteiger partial charge in [-0.15, -0.1) is 0 Å². The second kappa shape index (κ2) is 6.56. The van der Waals surface area contributed by atoms with Crippen molar-refractivity contribution in [3.05, 3.63) is 28.3 Å². The van der Waals surface area contributed by atoms with Crippen molar-refractivity contribution < 1.29 is 18.1 Å². The highest BCUT2D eigenvalue weighted by Gasteiger charge is 2.17. The number of hydrogen-bond acceptors (Lipinski definition) is 6. The summed E-state index contributed by atoms with van der Waals surface area (Å²) in [6.45, 7) is 3.28. The maximum Gasteiger partial charge on any atom is 0.271 e. The van der Waals surface area contributed by atoms with Crippen LogP contribution in [0, 0.1) is 10.1 Å². The van der Waals surface area contributed by atoms with Crippen LogP contribution in [-0.4, -0.2) is 38.0 Å². The number of sulfone groups is 1. The quantitative estimate of drug-likeness (QED) is 0.609. The first-order valence-corrected chi connectivity index (χ1v) is 7.90. The molecule has 0 amide bonds. The molecule has 7 nitrogen and oxygen atoms in total. The van der Waals surface area contributed by atoms with E-state index in [2.05, 4.69) is 5.32 Å². The molecule has 0 bridgehead atoms. The van der Waals surface area contributed by atoms with Crippen LogP contribution in [0.15, 0.2) is 18.2 Å². The molecule has 1 unspecified atom stereocenters. The van der Waals surface area contributed by atoms with E-state index in [9.17, 15) is 18.5 Å². The van der Waals surface area contributed by atoms with Crippen molar-refractivity contribution >= 4 is 21.2 Å². The number of methoxy groups -OCH3 is 1. The maximum atomic E-state index is 11.6. The molecule has 0 aliphatic carbocycles. The summed E-state index contributed by atoms with van der Waals surface area (Å²) in [6.07, 6.45) is 0. The molecule has 20 heavy (non-hydrogen) atoms. The number of nitro groups is 1. The maximum absolute atomic E-state index is 11.6. The largest absolute Gasteiger partial charge is 0.495 e. The van der Waals surface area contributed by atoms with Gasteiger partial charge in [-0.05, 0) is 13.0 Å². The molecule has 0 saturated carbocycles. The molecule has 1 aromatic rings. The Kier molecular flexibility index (Phi) is 5.32. The Morgan fingerprint density at radius 3 is 2.60 bits per heavy atom. The molecular weight excluding hydrogens is 284 g/mol. The normalized spacial score (nSPS) is 12.8. The number of non-ortho nitro benzene ring substituents is 1. The van der Waals surface area contributed by atoms with Crippen molar-refractivity contribution in [2.75, 3.05) is 23.9 Å². The molecule has 1 N–H and O–H groups in total. The summed E-state index contributed by atoms with van der Waals surface area (Å²) in [5.41, 5.74) is 0.319.